The number of rotatable bonds is 9. The monoisotopic (exact) mass is 418 g/mol. The molecule has 162 valence electrons. The van der Waals surface area contributed by atoms with Crippen LogP contribution in [0.4, 0.5) is 10.5 Å². The summed E-state index contributed by atoms with van der Waals surface area (Å²) in [6.45, 7) is 2.42. The molecule has 1 aromatic rings. The third-order valence-electron chi connectivity index (χ3n) is 4.66. The second-order valence-corrected chi connectivity index (χ2v) is 7.13. The smallest absolute Gasteiger partial charge is 0.326 e. The van der Waals surface area contributed by atoms with Crippen molar-refractivity contribution in [1.82, 2.24) is 15.5 Å². The molecule has 0 unspecified atom stereocenters. The van der Waals surface area contributed by atoms with Crippen LogP contribution in [0.3, 0.4) is 0 Å². The lowest BCUT2D eigenvalue weighted by Gasteiger charge is -2.21. The van der Waals surface area contributed by atoms with Gasteiger partial charge in [0.05, 0.1) is 0 Å². The molecule has 10 nitrogen and oxygen atoms in total. The second-order valence-electron chi connectivity index (χ2n) is 7.13. The van der Waals surface area contributed by atoms with Crippen molar-refractivity contribution in [2.24, 2.45) is 0 Å². The first-order valence-corrected chi connectivity index (χ1v) is 9.62. The molecule has 1 aliphatic rings. The van der Waals surface area contributed by atoms with Crippen LogP contribution in [-0.4, -0.2) is 60.4 Å². The molecule has 3 N–H and O–H groups in total. The van der Waals surface area contributed by atoms with Crippen LogP contribution in [0.15, 0.2) is 24.3 Å². The molecular formula is C20H26N4O6. The first kappa shape index (κ1) is 22.9. The molecule has 0 radical (unpaired) electrons. The van der Waals surface area contributed by atoms with Gasteiger partial charge < -0.3 is 20.7 Å². The van der Waals surface area contributed by atoms with Gasteiger partial charge in [0, 0.05) is 18.3 Å². The van der Waals surface area contributed by atoms with Crippen molar-refractivity contribution in [3.63, 3.8) is 0 Å². The quantitative estimate of drug-likeness (QED) is 0.405. The maximum Gasteiger partial charge on any atom is 0.326 e. The molecule has 2 rings (SSSR count). The molecule has 30 heavy (non-hydrogen) atoms. The van der Waals surface area contributed by atoms with Gasteiger partial charge in [-0.25, -0.2) is 4.79 Å². The maximum absolute atomic E-state index is 12.5. The lowest BCUT2D eigenvalue weighted by Crippen LogP contribution is -2.44. The first-order chi connectivity index (χ1) is 14.2. The summed E-state index contributed by atoms with van der Waals surface area (Å²) >= 11 is 0. The minimum Gasteiger partial charge on any atom is -0.454 e. The highest BCUT2D eigenvalue weighted by Gasteiger charge is 2.47. The van der Waals surface area contributed by atoms with Crippen LogP contribution in [0.25, 0.3) is 0 Å². The lowest BCUT2D eigenvalue weighted by atomic mass is 9.95. The molecule has 0 spiro atoms. The van der Waals surface area contributed by atoms with Crippen molar-refractivity contribution in [3.8, 4) is 0 Å². The van der Waals surface area contributed by atoms with E-state index >= 15 is 0 Å². The number of carbonyl (C=O) groups is 5. The van der Waals surface area contributed by atoms with E-state index in [0.29, 0.717) is 17.7 Å². The highest BCUT2D eigenvalue weighted by molar-refractivity contribution is 6.08. The molecule has 0 saturated carbocycles. The number of hydrogen-bond acceptors (Lipinski definition) is 6. The van der Waals surface area contributed by atoms with Gasteiger partial charge >= 0.3 is 12.0 Å². The Bertz CT molecular complexity index is 855. The summed E-state index contributed by atoms with van der Waals surface area (Å²) < 4.78 is 4.88. The number of anilines is 1. The Labute approximate surface area is 174 Å². The van der Waals surface area contributed by atoms with Gasteiger partial charge in [-0.2, -0.15) is 0 Å². The largest absolute Gasteiger partial charge is 0.454 e. The van der Waals surface area contributed by atoms with Crippen LogP contribution in [-0.2, 0) is 19.1 Å². The standard InChI is InChI=1S/C20H26N4O6/c1-4-5-9-20(2)18(28)24(19(29)23-20)11-16(26)30-12-15(25)22-14-8-6-7-13(10-14)17(27)21-3/h6-8,10H,4-5,9,11-12H2,1-3H3,(H,21,27)(H,22,25)(H,23,29)/t20-/m0/s1. The molecule has 1 heterocycles. The second kappa shape index (κ2) is 9.86. The van der Waals surface area contributed by atoms with Gasteiger partial charge in [-0.1, -0.05) is 25.8 Å². The summed E-state index contributed by atoms with van der Waals surface area (Å²) in [5.74, 6) is -2.31. The number of nitrogens with one attached hydrogen (secondary N) is 3. The normalized spacial score (nSPS) is 18.0. The maximum atomic E-state index is 12.5. The predicted molar refractivity (Wildman–Crippen MR) is 108 cm³/mol. The van der Waals surface area contributed by atoms with E-state index in [1.807, 2.05) is 6.92 Å². The van der Waals surface area contributed by atoms with Gasteiger partial charge in [-0.05, 0) is 31.5 Å². The van der Waals surface area contributed by atoms with Crippen molar-refractivity contribution in [3.05, 3.63) is 29.8 Å². The van der Waals surface area contributed by atoms with Crippen LogP contribution >= 0.6 is 0 Å². The van der Waals surface area contributed by atoms with Gasteiger partial charge in [-0.3, -0.25) is 24.1 Å². The number of esters is 1. The zero-order valence-corrected chi connectivity index (χ0v) is 17.2. The van der Waals surface area contributed by atoms with Crippen molar-refractivity contribution in [1.29, 1.82) is 0 Å². The minimum atomic E-state index is -1.04. The molecule has 0 bridgehead atoms. The highest BCUT2D eigenvalue weighted by Crippen LogP contribution is 2.23. The summed E-state index contributed by atoms with van der Waals surface area (Å²) in [5.41, 5.74) is -0.324. The summed E-state index contributed by atoms with van der Waals surface area (Å²) in [4.78, 5) is 61.0. The zero-order chi connectivity index (χ0) is 22.3. The Morgan fingerprint density at radius 1 is 1.23 bits per heavy atom. The minimum absolute atomic E-state index is 0.308. The molecule has 1 aromatic carbocycles. The molecule has 0 aliphatic carbocycles. The van der Waals surface area contributed by atoms with Gasteiger partial charge in [0.2, 0.25) is 0 Å². The SMILES string of the molecule is CCCC[C@]1(C)NC(=O)N(CC(=O)OCC(=O)Nc2cccc(C(=O)NC)c2)C1=O. The van der Waals surface area contributed by atoms with E-state index in [-0.39, 0.29) is 5.91 Å². The Kier molecular flexibility index (Phi) is 7.51. The summed E-state index contributed by atoms with van der Waals surface area (Å²) in [6, 6.07) is 5.57. The van der Waals surface area contributed by atoms with Crippen LogP contribution in [0, 0.1) is 0 Å². The van der Waals surface area contributed by atoms with Crippen molar-refractivity contribution < 1.29 is 28.7 Å². The van der Waals surface area contributed by atoms with E-state index in [1.165, 1.54) is 13.1 Å². The molecule has 10 heteroatoms. The van der Waals surface area contributed by atoms with Gasteiger partial charge in [-0.15, -0.1) is 0 Å². The highest BCUT2D eigenvalue weighted by atomic mass is 16.5. The van der Waals surface area contributed by atoms with Crippen LogP contribution < -0.4 is 16.0 Å². The van der Waals surface area contributed by atoms with E-state index in [4.69, 9.17) is 4.74 Å². The Balaban J connectivity index is 1.86. The third-order valence-corrected chi connectivity index (χ3v) is 4.66. The van der Waals surface area contributed by atoms with Crippen molar-refractivity contribution in [2.75, 3.05) is 25.5 Å². The fourth-order valence-corrected chi connectivity index (χ4v) is 2.99. The van der Waals surface area contributed by atoms with E-state index in [2.05, 4.69) is 16.0 Å². The van der Waals surface area contributed by atoms with E-state index < -0.39 is 42.5 Å². The fraction of sp³-hybridized carbons (Fsp3) is 0.450. The Morgan fingerprint density at radius 3 is 2.63 bits per heavy atom. The van der Waals surface area contributed by atoms with Gasteiger partial charge in [0.25, 0.3) is 17.7 Å². The van der Waals surface area contributed by atoms with Crippen LogP contribution in [0.2, 0.25) is 0 Å². The number of amides is 5. The Morgan fingerprint density at radius 2 is 1.97 bits per heavy atom. The lowest BCUT2D eigenvalue weighted by molar-refractivity contribution is -0.150. The Hall–Kier alpha value is -3.43. The molecule has 1 saturated heterocycles. The number of unbranched alkanes of at least 4 members (excludes halogenated alkanes) is 1. The summed E-state index contributed by atoms with van der Waals surface area (Å²) in [7, 11) is 1.49. The van der Waals surface area contributed by atoms with Gasteiger partial charge in [0.15, 0.2) is 6.61 Å². The van der Waals surface area contributed by atoms with E-state index in [0.717, 1.165) is 17.7 Å². The number of urea groups is 1. The number of imide groups is 1. The summed E-state index contributed by atoms with van der Waals surface area (Å²) in [6.07, 6.45) is 2.08. The molecule has 1 fully saturated rings. The van der Waals surface area contributed by atoms with Crippen molar-refractivity contribution in [2.45, 2.75) is 38.6 Å². The molecule has 1 aliphatic heterocycles. The first-order valence-electron chi connectivity index (χ1n) is 9.62. The van der Waals surface area contributed by atoms with Crippen LogP contribution in [0.5, 0.6) is 0 Å². The summed E-state index contributed by atoms with van der Waals surface area (Å²) in [5, 5.41) is 7.59. The topological polar surface area (TPSA) is 134 Å². The number of ether oxygens (including phenoxy) is 1. The predicted octanol–water partition coefficient (Wildman–Crippen LogP) is 1.03. The molecule has 1 atom stereocenters. The molecule has 0 aromatic heterocycles. The third kappa shape index (κ3) is 5.56. The van der Waals surface area contributed by atoms with Gasteiger partial charge in [0.1, 0.15) is 12.1 Å². The van der Waals surface area contributed by atoms with E-state index in [9.17, 15) is 24.0 Å². The number of benzene rings is 1. The van der Waals surface area contributed by atoms with Crippen molar-refractivity contribution >= 4 is 35.4 Å². The zero-order valence-electron chi connectivity index (χ0n) is 17.2. The average Bonchev–Trinajstić information content (AvgIpc) is 2.93. The fourth-order valence-electron chi connectivity index (χ4n) is 2.99. The van der Waals surface area contributed by atoms with Crippen LogP contribution in [0.1, 0.15) is 43.5 Å². The molecule has 5 amide bonds. The number of hydrogen-bond donors (Lipinski definition) is 3. The average molecular weight is 418 g/mol. The molecular weight excluding hydrogens is 392 g/mol. The number of nitrogens with zero attached hydrogens (tertiary/aromatic N) is 1. The van der Waals surface area contributed by atoms with E-state index in [1.54, 1.807) is 25.1 Å². The number of carbonyl (C=O) groups excluding carboxylic acids is 5.